The van der Waals surface area contributed by atoms with Gasteiger partial charge in [-0.1, -0.05) is 18.2 Å². The van der Waals surface area contributed by atoms with Crippen LogP contribution >= 0.6 is 0 Å². The summed E-state index contributed by atoms with van der Waals surface area (Å²) < 4.78 is 5.39. The van der Waals surface area contributed by atoms with Gasteiger partial charge in [-0.2, -0.15) is 0 Å². The van der Waals surface area contributed by atoms with Crippen LogP contribution in [0.25, 0.3) is 10.9 Å². The Morgan fingerprint density at radius 2 is 2.23 bits per heavy atom. The first-order valence-electron chi connectivity index (χ1n) is 9.67. The van der Waals surface area contributed by atoms with Crippen molar-refractivity contribution in [2.24, 2.45) is 11.8 Å². The number of H-pyrrole nitrogens is 1. The maximum atomic E-state index is 13.3. The average Bonchev–Trinajstić information content (AvgIpc) is 3.00. The predicted molar refractivity (Wildman–Crippen MR) is 99.0 cm³/mol. The number of methoxy groups -OCH3 is 1. The van der Waals surface area contributed by atoms with Crippen LogP contribution in [0.1, 0.15) is 31.0 Å². The Morgan fingerprint density at radius 1 is 1.42 bits per heavy atom. The largest absolute Gasteiger partial charge is 0.468 e. The maximum absolute atomic E-state index is 13.3. The number of hydrogen-bond acceptors (Lipinski definition) is 4. The molecule has 3 aliphatic heterocycles. The van der Waals surface area contributed by atoms with Crippen LogP contribution in [0, 0.1) is 11.8 Å². The number of nitrogens with zero attached hydrogens (tertiary/aromatic N) is 1. The monoisotopic (exact) mass is 354 g/mol. The van der Waals surface area contributed by atoms with Crippen LogP contribution < -0.4 is 0 Å². The first kappa shape index (κ1) is 16.3. The van der Waals surface area contributed by atoms with Crippen LogP contribution in [0.3, 0.4) is 0 Å². The minimum atomic E-state index is -0.706. The van der Waals surface area contributed by atoms with Gasteiger partial charge in [0.25, 0.3) is 0 Å². The van der Waals surface area contributed by atoms with E-state index >= 15 is 0 Å². The molecule has 138 valence electrons. The summed E-state index contributed by atoms with van der Waals surface area (Å²) in [7, 11) is 1.49. The number of nitrogens with one attached hydrogen (secondary N) is 1. The van der Waals surface area contributed by atoms with Crippen LogP contribution in [0.2, 0.25) is 0 Å². The zero-order valence-electron chi connectivity index (χ0n) is 15.4. The fourth-order valence-corrected chi connectivity index (χ4v) is 6.23. The van der Waals surface area contributed by atoms with Crippen molar-refractivity contribution in [1.82, 2.24) is 9.88 Å². The van der Waals surface area contributed by atoms with Crippen molar-refractivity contribution in [2.75, 3.05) is 20.2 Å². The maximum Gasteiger partial charge on any atom is 0.319 e. The van der Waals surface area contributed by atoms with Crippen LogP contribution in [-0.4, -0.2) is 53.3 Å². The summed E-state index contributed by atoms with van der Waals surface area (Å²) in [6.07, 6.45) is 2.30. The highest BCUT2D eigenvalue weighted by atomic mass is 16.5. The Balaban J connectivity index is 1.80. The number of para-hydroxylation sites is 1. The smallest absolute Gasteiger partial charge is 0.319 e. The molecule has 3 fully saturated rings. The van der Waals surface area contributed by atoms with Crippen molar-refractivity contribution in [3.05, 3.63) is 35.5 Å². The number of fused-ring (bicyclic) bond motifs is 4. The Hall–Kier alpha value is -1.85. The molecule has 1 aromatic carbocycles. The number of aromatic amines is 1. The number of aromatic nitrogens is 1. The molecule has 4 bridgehead atoms. The van der Waals surface area contributed by atoms with E-state index in [4.69, 9.17) is 4.74 Å². The van der Waals surface area contributed by atoms with E-state index in [1.807, 2.05) is 13.0 Å². The van der Waals surface area contributed by atoms with Gasteiger partial charge in [-0.25, -0.2) is 0 Å². The van der Waals surface area contributed by atoms with Gasteiger partial charge in [0, 0.05) is 41.6 Å². The fraction of sp³-hybridized carbons (Fsp3) is 0.571. The van der Waals surface area contributed by atoms with Gasteiger partial charge in [0.2, 0.25) is 0 Å². The molecule has 1 saturated carbocycles. The van der Waals surface area contributed by atoms with E-state index in [2.05, 4.69) is 28.1 Å². The average molecular weight is 354 g/mol. The number of rotatable bonds is 2. The topological polar surface area (TPSA) is 65.6 Å². The second kappa shape index (κ2) is 5.57. The molecule has 6 atom stereocenters. The van der Waals surface area contributed by atoms with Gasteiger partial charge in [0.05, 0.1) is 13.2 Å². The van der Waals surface area contributed by atoms with Crippen molar-refractivity contribution in [3.8, 4) is 0 Å². The van der Waals surface area contributed by atoms with Crippen LogP contribution in [0.5, 0.6) is 0 Å². The summed E-state index contributed by atoms with van der Waals surface area (Å²) in [5, 5.41) is 11.7. The van der Waals surface area contributed by atoms with Crippen LogP contribution in [0.4, 0.5) is 0 Å². The molecule has 1 aliphatic carbocycles. The number of benzene rings is 1. The van der Waals surface area contributed by atoms with Gasteiger partial charge in [-0.15, -0.1) is 0 Å². The Bertz CT molecular complexity index is 873. The number of ether oxygens (including phenoxy) is 1. The number of hydrogen-bond donors (Lipinski definition) is 2. The summed E-state index contributed by atoms with van der Waals surface area (Å²) in [6, 6.07) is 8.31. The van der Waals surface area contributed by atoms with Gasteiger partial charge in [0.15, 0.2) is 0 Å². The lowest BCUT2D eigenvalue weighted by Gasteiger charge is -2.58. The Morgan fingerprint density at radius 3 is 3.00 bits per heavy atom. The Kier molecular flexibility index (Phi) is 3.50. The van der Waals surface area contributed by atoms with Crippen LogP contribution in [0.15, 0.2) is 24.3 Å². The molecule has 0 amide bonds. The predicted octanol–water partition coefficient (Wildman–Crippen LogP) is 2.23. The molecular weight excluding hydrogens is 328 g/mol. The Labute approximate surface area is 153 Å². The second-order valence-electron chi connectivity index (χ2n) is 8.39. The van der Waals surface area contributed by atoms with E-state index in [0.29, 0.717) is 5.92 Å². The molecule has 26 heavy (non-hydrogen) atoms. The minimum Gasteiger partial charge on any atom is -0.468 e. The van der Waals surface area contributed by atoms with Crippen molar-refractivity contribution >= 4 is 16.9 Å². The van der Waals surface area contributed by atoms with E-state index in [1.165, 1.54) is 18.1 Å². The summed E-state index contributed by atoms with van der Waals surface area (Å²) in [4.78, 5) is 19.4. The standard InChI is InChI=1S/C21H26N2O3/c1-12(24)16-9-13-10-21(20(25)26-2)18-15(7-8-23(11-13)19(16)21)14-5-3-4-6-17(14)22-18/h3-6,12-13,16,19,22,24H,7-11H2,1-2H3/t12-,13-,16+,19?,21+/m1/s1. The number of aliphatic hydroxyl groups excluding tert-OH is 1. The number of esters is 1. The summed E-state index contributed by atoms with van der Waals surface area (Å²) in [6.45, 7) is 3.82. The van der Waals surface area contributed by atoms with Crippen molar-refractivity contribution in [3.63, 3.8) is 0 Å². The number of piperidine rings is 2. The molecule has 4 aliphatic rings. The highest BCUT2D eigenvalue weighted by Gasteiger charge is 2.63. The summed E-state index contributed by atoms with van der Waals surface area (Å²) in [5.74, 6) is 0.354. The van der Waals surface area contributed by atoms with Gasteiger partial charge >= 0.3 is 5.97 Å². The molecular formula is C21H26N2O3. The van der Waals surface area contributed by atoms with Crippen LogP contribution in [-0.2, 0) is 21.4 Å². The third kappa shape index (κ3) is 1.96. The lowest BCUT2D eigenvalue weighted by atomic mass is 9.56. The fourth-order valence-electron chi connectivity index (χ4n) is 6.23. The van der Waals surface area contributed by atoms with Gasteiger partial charge in [-0.3, -0.25) is 9.69 Å². The number of carbonyl (C=O) groups excluding carboxylic acids is 1. The second-order valence-corrected chi connectivity index (χ2v) is 8.39. The first-order chi connectivity index (χ1) is 12.6. The molecule has 5 heteroatoms. The highest BCUT2D eigenvalue weighted by molar-refractivity contribution is 5.91. The van der Waals surface area contributed by atoms with E-state index in [-0.39, 0.29) is 17.9 Å². The molecule has 1 aromatic heterocycles. The molecule has 0 spiro atoms. The SMILES string of the molecule is COC(=O)[C@]12C[C@H]3C[C@@H]([C@@H](C)O)C1N(CCc1c2[nH]c2ccccc12)C3. The van der Waals surface area contributed by atoms with E-state index in [0.717, 1.165) is 43.6 Å². The number of carbonyl (C=O) groups is 1. The molecule has 2 aromatic rings. The van der Waals surface area contributed by atoms with Gasteiger partial charge in [-0.05, 0) is 43.7 Å². The van der Waals surface area contributed by atoms with Crippen molar-refractivity contribution in [1.29, 1.82) is 0 Å². The summed E-state index contributed by atoms with van der Waals surface area (Å²) in [5.41, 5.74) is 2.67. The normalized spacial score (nSPS) is 36.4. The van der Waals surface area contributed by atoms with E-state index < -0.39 is 11.5 Å². The number of aliphatic hydroxyl groups is 1. The van der Waals surface area contributed by atoms with Gasteiger partial charge in [0.1, 0.15) is 5.41 Å². The lowest BCUT2D eigenvalue weighted by Crippen LogP contribution is -2.68. The highest BCUT2D eigenvalue weighted by Crippen LogP contribution is 2.55. The van der Waals surface area contributed by atoms with E-state index in [1.54, 1.807) is 0 Å². The minimum absolute atomic E-state index is 0.00531. The molecule has 2 saturated heterocycles. The first-order valence-corrected chi connectivity index (χ1v) is 9.67. The third-order valence-corrected chi connectivity index (χ3v) is 7.09. The third-order valence-electron chi connectivity index (χ3n) is 7.09. The molecule has 4 heterocycles. The molecule has 2 unspecified atom stereocenters. The molecule has 6 rings (SSSR count). The molecule has 0 radical (unpaired) electrons. The quantitative estimate of drug-likeness (QED) is 0.812. The van der Waals surface area contributed by atoms with E-state index in [9.17, 15) is 9.90 Å². The molecule has 2 N–H and O–H groups in total. The molecule has 5 nitrogen and oxygen atoms in total. The van der Waals surface area contributed by atoms with Crippen molar-refractivity contribution < 1.29 is 14.6 Å². The summed E-state index contributed by atoms with van der Waals surface area (Å²) >= 11 is 0. The lowest BCUT2D eigenvalue weighted by molar-refractivity contribution is -0.166. The zero-order chi connectivity index (χ0) is 18.1. The van der Waals surface area contributed by atoms with Gasteiger partial charge < -0.3 is 14.8 Å². The zero-order valence-corrected chi connectivity index (χ0v) is 15.4. The van der Waals surface area contributed by atoms with Crippen molar-refractivity contribution in [2.45, 2.75) is 43.7 Å².